The first-order valence-corrected chi connectivity index (χ1v) is 8.55. The summed E-state index contributed by atoms with van der Waals surface area (Å²) in [5.41, 5.74) is -0.460. The smallest absolute Gasteiger partial charge is 0.300 e. The van der Waals surface area contributed by atoms with Gasteiger partial charge in [0.15, 0.2) is 0 Å². The molecule has 0 spiro atoms. The highest BCUT2D eigenvalue weighted by Gasteiger charge is 2.48. The lowest BCUT2D eigenvalue weighted by Crippen LogP contribution is -2.15. The van der Waals surface area contributed by atoms with E-state index in [1.165, 1.54) is 23.5 Å². The summed E-state index contributed by atoms with van der Waals surface area (Å²) in [7, 11) is 0. The zero-order valence-corrected chi connectivity index (χ0v) is 13.3. The molecule has 24 heavy (non-hydrogen) atoms. The van der Waals surface area contributed by atoms with Gasteiger partial charge in [0.1, 0.15) is 5.01 Å². The van der Waals surface area contributed by atoms with Crippen molar-refractivity contribution >= 4 is 22.4 Å². The van der Waals surface area contributed by atoms with E-state index in [1.54, 1.807) is 6.07 Å². The lowest BCUT2D eigenvalue weighted by atomic mass is 10.0. The third kappa shape index (κ3) is 3.02. The van der Waals surface area contributed by atoms with Crippen LogP contribution in [0.15, 0.2) is 24.3 Å². The summed E-state index contributed by atoms with van der Waals surface area (Å²) in [6, 6.07) is 5.46. The summed E-state index contributed by atoms with van der Waals surface area (Å²) in [5, 5.41) is 12.0. The van der Waals surface area contributed by atoms with E-state index in [0.717, 1.165) is 23.9 Å². The van der Waals surface area contributed by atoms with E-state index in [2.05, 4.69) is 15.5 Å². The Morgan fingerprint density at radius 2 is 1.96 bits per heavy atom. The maximum atomic E-state index is 13.1. The van der Waals surface area contributed by atoms with Crippen LogP contribution in [0.4, 0.5) is 18.3 Å². The predicted molar refractivity (Wildman–Crippen MR) is 82.8 cm³/mol. The summed E-state index contributed by atoms with van der Waals surface area (Å²) >= 11 is 1.35. The fourth-order valence-electron chi connectivity index (χ4n) is 2.89. The van der Waals surface area contributed by atoms with Crippen molar-refractivity contribution in [3.63, 3.8) is 0 Å². The topological polar surface area (TPSA) is 54.9 Å². The van der Waals surface area contributed by atoms with Gasteiger partial charge in [-0.2, -0.15) is 13.2 Å². The molecule has 4 rings (SSSR count). The van der Waals surface area contributed by atoms with Crippen molar-refractivity contribution < 1.29 is 18.0 Å². The lowest BCUT2D eigenvalue weighted by molar-refractivity contribution is -0.138. The van der Waals surface area contributed by atoms with Crippen molar-refractivity contribution in [2.24, 2.45) is 5.92 Å². The molecule has 2 atom stereocenters. The number of amides is 1. The Bertz CT molecular complexity index is 785. The van der Waals surface area contributed by atoms with Crippen LogP contribution >= 0.6 is 11.3 Å². The molecule has 0 radical (unpaired) electrons. The number of rotatable bonds is 4. The Labute approximate surface area is 140 Å². The van der Waals surface area contributed by atoms with E-state index < -0.39 is 23.6 Å². The Hall–Kier alpha value is -1.96. The molecular formula is C16H14F3N3OS. The van der Waals surface area contributed by atoms with Crippen molar-refractivity contribution in [2.45, 2.75) is 37.3 Å². The molecule has 1 N–H and O–H groups in total. The molecule has 2 aromatic rings. The molecule has 2 aliphatic rings. The van der Waals surface area contributed by atoms with E-state index in [4.69, 9.17) is 0 Å². The van der Waals surface area contributed by atoms with Gasteiger partial charge in [-0.3, -0.25) is 4.79 Å². The number of carbonyl (C=O) groups is 1. The van der Waals surface area contributed by atoms with Gasteiger partial charge in [0, 0.05) is 11.8 Å². The Morgan fingerprint density at radius 1 is 1.21 bits per heavy atom. The number of nitrogens with one attached hydrogen (secondary N) is 1. The number of carbonyl (C=O) groups excluding carboxylic acids is 1. The van der Waals surface area contributed by atoms with Crippen LogP contribution in [0.2, 0.25) is 0 Å². The molecule has 2 unspecified atom stereocenters. The molecule has 2 fully saturated rings. The maximum absolute atomic E-state index is 13.1. The predicted octanol–water partition coefficient (Wildman–Crippen LogP) is 4.18. The zero-order valence-electron chi connectivity index (χ0n) is 12.5. The number of aromatic nitrogens is 2. The average Bonchev–Trinajstić information content (AvgIpc) is 3.45. The molecule has 1 aromatic heterocycles. The molecule has 0 aliphatic heterocycles. The third-order valence-electron chi connectivity index (χ3n) is 4.39. The summed E-state index contributed by atoms with van der Waals surface area (Å²) < 4.78 is 39.2. The molecule has 8 heteroatoms. The first-order chi connectivity index (χ1) is 11.4. The number of alkyl halides is 3. The minimum atomic E-state index is -4.40. The second kappa shape index (κ2) is 5.54. The second-order valence-corrected chi connectivity index (χ2v) is 7.25. The Kier molecular flexibility index (Phi) is 3.59. The Morgan fingerprint density at radius 3 is 2.67 bits per heavy atom. The van der Waals surface area contributed by atoms with E-state index >= 15 is 0 Å². The van der Waals surface area contributed by atoms with Gasteiger partial charge in [-0.05, 0) is 36.8 Å². The molecule has 1 heterocycles. The van der Waals surface area contributed by atoms with Gasteiger partial charge < -0.3 is 5.32 Å². The minimum Gasteiger partial charge on any atom is -0.300 e. The molecule has 2 aliphatic carbocycles. The normalized spacial score (nSPS) is 23.1. The van der Waals surface area contributed by atoms with E-state index in [9.17, 15) is 18.0 Å². The summed E-state index contributed by atoms with van der Waals surface area (Å²) in [6.45, 7) is 0. The van der Waals surface area contributed by atoms with Crippen LogP contribution in [0.3, 0.4) is 0 Å². The van der Waals surface area contributed by atoms with Crippen molar-refractivity contribution in [3.05, 3.63) is 40.4 Å². The van der Waals surface area contributed by atoms with Gasteiger partial charge in [0.05, 0.1) is 5.56 Å². The average molecular weight is 353 g/mol. The van der Waals surface area contributed by atoms with Crippen molar-refractivity contribution in [3.8, 4) is 0 Å². The summed E-state index contributed by atoms with van der Waals surface area (Å²) in [4.78, 5) is 12.3. The van der Waals surface area contributed by atoms with E-state index in [1.807, 2.05) is 0 Å². The van der Waals surface area contributed by atoms with Crippen LogP contribution in [0.5, 0.6) is 0 Å². The highest BCUT2D eigenvalue weighted by Crippen LogP contribution is 2.51. The first-order valence-electron chi connectivity index (χ1n) is 7.74. The Balaban J connectivity index is 1.45. The number of anilines is 1. The molecule has 1 amide bonds. The van der Waals surface area contributed by atoms with E-state index in [-0.39, 0.29) is 11.5 Å². The van der Waals surface area contributed by atoms with Crippen LogP contribution in [0, 0.1) is 5.92 Å². The van der Waals surface area contributed by atoms with Crippen LogP contribution in [-0.2, 0) is 11.0 Å². The van der Waals surface area contributed by atoms with Gasteiger partial charge in [-0.1, -0.05) is 29.5 Å². The number of hydrogen-bond acceptors (Lipinski definition) is 4. The number of nitrogens with zero attached hydrogens (tertiary/aromatic N) is 2. The zero-order chi connectivity index (χ0) is 16.9. The molecular weight excluding hydrogens is 339 g/mol. The van der Waals surface area contributed by atoms with Gasteiger partial charge in [0.25, 0.3) is 0 Å². The van der Waals surface area contributed by atoms with Crippen LogP contribution in [0.1, 0.15) is 47.2 Å². The van der Waals surface area contributed by atoms with Gasteiger partial charge in [-0.25, -0.2) is 0 Å². The molecule has 0 saturated heterocycles. The highest BCUT2D eigenvalue weighted by molar-refractivity contribution is 7.15. The van der Waals surface area contributed by atoms with Crippen LogP contribution in [-0.4, -0.2) is 16.1 Å². The highest BCUT2D eigenvalue weighted by atomic mass is 32.1. The minimum absolute atomic E-state index is 0.195. The summed E-state index contributed by atoms with van der Waals surface area (Å²) in [5.74, 6) is -0.656. The van der Waals surface area contributed by atoms with Gasteiger partial charge in [-0.15, -0.1) is 10.2 Å². The van der Waals surface area contributed by atoms with E-state index in [0.29, 0.717) is 17.5 Å². The fraction of sp³-hybridized carbons (Fsp3) is 0.438. The number of halogens is 3. The van der Waals surface area contributed by atoms with Gasteiger partial charge >= 0.3 is 6.18 Å². The van der Waals surface area contributed by atoms with Crippen LogP contribution < -0.4 is 5.32 Å². The van der Waals surface area contributed by atoms with Gasteiger partial charge in [0.2, 0.25) is 11.0 Å². The standard InChI is InChI=1S/C16H14F3N3OS/c17-16(18,19)12-4-2-1-3-9(12)10-7-11(10)13(23)20-15-22-21-14(24-15)8-5-6-8/h1-4,8,10-11H,5-7H2,(H,20,22,23). The summed E-state index contributed by atoms with van der Waals surface area (Å²) in [6.07, 6.45) is -1.78. The quantitative estimate of drug-likeness (QED) is 0.897. The number of benzene rings is 1. The lowest BCUT2D eigenvalue weighted by Gasteiger charge is -2.12. The SMILES string of the molecule is O=C(Nc1nnc(C2CC2)s1)C1CC1c1ccccc1C(F)(F)F. The van der Waals surface area contributed by atoms with Crippen molar-refractivity contribution in [1.82, 2.24) is 10.2 Å². The number of hydrogen-bond donors (Lipinski definition) is 1. The first kappa shape index (κ1) is 15.6. The molecule has 0 bridgehead atoms. The van der Waals surface area contributed by atoms with Crippen molar-refractivity contribution in [2.75, 3.05) is 5.32 Å². The molecule has 126 valence electrons. The second-order valence-electron chi connectivity index (χ2n) is 6.24. The third-order valence-corrected chi connectivity index (χ3v) is 5.39. The van der Waals surface area contributed by atoms with Crippen molar-refractivity contribution in [1.29, 1.82) is 0 Å². The largest absolute Gasteiger partial charge is 0.416 e. The maximum Gasteiger partial charge on any atom is 0.416 e. The molecule has 1 aromatic carbocycles. The fourth-order valence-corrected chi connectivity index (χ4v) is 3.80. The molecule has 4 nitrogen and oxygen atoms in total. The monoisotopic (exact) mass is 353 g/mol. The van der Waals surface area contributed by atoms with Crippen LogP contribution in [0.25, 0.3) is 0 Å². The molecule has 2 saturated carbocycles.